The molecule has 0 spiro atoms. The molecule has 1 unspecified atom stereocenters. The first-order valence-electron chi connectivity index (χ1n) is 14.0. The van der Waals surface area contributed by atoms with Crippen molar-refractivity contribution >= 4 is 30.1 Å². The lowest BCUT2D eigenvalue weighted by atomic mass is 9.69. The van der Waals surface area contributed by atoms with Crippen LogP contribution in [-0.2, 0) is 5.44 Å². The van der Waals surface area contributed by atoms with Gasteiger partial charge in [-0.05, 0) is 54.7 Å². The minimum atomic E-state index is -0.871. The number of hydrogen-bond donors (Lipinski definition) is 2. The highest BCUT2D eigenvalue weighted by Crippen LogP contribution is 2.38. The highest BCUT2D eigenvalue weighted by molar-refractivity contribution is 6.19. The zero-order valence-electron chi connectivity index (χ0n) is 23.5. The number of aromatic nitrogens is 4. The fourth-order valence-corrected chi connectivity index (χ4v) is 5.39. The molecule has 6 rings (SSSR count). The summed E-state index contributed by atoms with van der Waals surface area (Å²) >= 11 is 0. The van der Waals surface area contributed by atoms with Crippen LogP contribution in [0.3, 0.4) is 0 Å². The van der Waals surface area contributed by atoms with Gasteiger partial charge in [0.1, 0.15) is 25.4 Å². The van der Waals surface area contributed by atoms with Crippen LogP contribution in [0.25, 0.3) is 10.9 Å². The summed E-state index contributed by atoms with van der Waals surface area (Å²) in [5.41, 5.74) is 4.75. The van der Waals surface area contributed by atoms with Crippen molar-refractivity contribution in [2.45, 2.75) is 43.7 Å². The average Bonchev–Trinajstić information content (AvgIpc) is 3.75. The summed E-state index contributed by atoms with van der Waals surface area (Å²) in [5, 5.41) is 26.9. The van der Waals surface area contributed by atoms with Crippen LogP contribution in [0.15, 0.2) is 79.1 Å². The predicted molar refractivity (Wildman–Crippen MR) is 165 cm³/mol. The molecule has 2 heterocycles. The topological polar surface area (TPSA) is 91.5 Å². The van der Waals surface area contributed by atoms with Crippen LogP contribution in [0.5, 0.6) is 0 Å². The number of halogens is 1. The third kappa shape index (κ3) is 5.06. The van der Waals surface area contributed by atoms with Gasteiger partial charge in [0.25, 0.3) is 0 Å². The molecule has 0 radical (unpaired) electrons. The smallest absolute Gasteiger partial charge is 0.148 e. The van der Waals surface area contributed by atoms with E-state index in [1.165, 1.54) is 12.1 Å². The van der Waals surface area contributed by atoms with Gasteiger partial charge >= 0.3 is 0 Å². The number of nitriles is 1. The van der Waals surface area contributed by atoms with E-state index in [0.29, 0.717) is 39.8 Å². The number of fused-ring (bicyclic) bond motifs is 1. The second-order valence-electron chi connectivity index (χ2n) is 10.8. The van der Waals surface area contributed by atoms with Gasteiger partial charge in [-0.1, -0.05) is 60.5 Å². The average molecular weight is 553 g/mol. The van der Waals surface area contributed by atoms with Gasteiger partial charge in [-0.2, -0.15) is 5.26 Å². The van der Waals surface area contributed by atoms with E-state index in [1.807, 2.05) is 49.1 Å². The first-order valence-corrected chi connectivity index (χ1v) is 14.0. The van der Waals surface area contributed by atoms with Crippen LogP contribution in [0.2, 0.25) is 0 Å². The van der Waals surface area contributed by atoms with Gasteiger partial charge < -0.3 is 10.6 Å². The molecule has 2 N–H and O–H groups in total. The lowest BCUT2D eigenvalue weighted by Crippen LogP contribution is -2.38. The van der Waals surface area contributed by atoms with Crippen LogP contribution in [-0.4, -0.2) is 27.8 Å². The Morgan fingerprint density at radius 3 is 2.57 bits per heavy atom. The Hall–Kier alpha value is -5.15. The van der Waals surface area contributed by atoms with Gasteiger partial charge in [0.2, 0.25) is 0 Å². The molecule has 0 bridgehead atoms. The molecule has 1 aliphatic carbocycles. The molecular formula is C33H29BFN7. The maximum absolute atomic E-state index is 14.0. The third-order valence-electron chi connectivity index (χ3n) is 7.94. The van der Waals surface area contributed by atoms with E-state index in [1.54, 1.807) is 18.3 Å². The number of hydrogen-bond acceptors (Lipinski definition) is 6. The summed E-state index contributed by atoms with van der Waals surface area (Å²) in [6.45, 7) is 2.10. The van der Waals surface area contributed by atoms with Crippen LogP contribution in [0.1, 0.15) is 66.2 Å². The van der Waals surface area contributed by atoms with Crippen molar-refractivity contribution in [2.75, 3.05) is 10.6 Å². The van der Waals surface area contributed by atoms with Gasteiger partial charge in [0.15, 0.2) is 0 Å². The standard InChI is InChI=1S/C33H29BFN7/c1-3-21-16-26(39-33(34,24-10-12-25(35)13-11-24)30-20-42(41-40-30)27-14-15-27)17-28-31(21)37-19-23(18-36)32(28)38-29(4-2)22-8-6-5-7-9-22/h1,5-13,16-17,19-20,27,29,39H,4,14-15,34H2,2H3,(H,37,38)/t29-,33?/m1/s1. The number of nitrogens with zero attached hydrogens (tertiary/aromatic N) is 5. The summed E-state index contributed by atoms with van der Waals surface area (Å²) in [5.74, 6) is 2.46. The Balaban J connectivity index is 1.49. The molecule has 3 aromatic carbocycles. The van der Waals surface area contributed by atoms with Crippen LogP contribution >= 0.6 is 0 Å². The summed E-state index contributed by atoms with van der Waals surface area (Å²) in [6, 6.07) is 22.9. The second kappa shape index (κ2) is 11.0. The minimum Gasteiger partial charge on any atom is -0.378 e. The normalized spacial score (nSPS) is 14.9. The van der Waals surface area contributed by atoms with Crippen molar-refractivity contribution in [3.8, 4) is 18.4 Å². The molecule has 42 heavy (non-hydrogen) atoms. The van der Waals surface area contributed by atoms with Crippen molar-refractivity contribution in [1.29, 1.82) is 5.26 Å². The molecule has 7 nitrogen and oxygen atoms in total. The largest absolute Gasteiger partial charge is 0.378 e. The first-order chi connectivity index (χ1) is 20.4. The Kier molecular flexibility index (Phi) is 7.10. The molecule has 2 aromatic heterocycles. The lowest BCUT2D eigenvalue weighted by molar-refractivity contribution is 0.610. The molecule has 1 aliphatic rings. The Bertz CT molecular complexity index is 1840. The van der Waals surface area contributed by atoms with Crippen molar-refractivity contribution in [3.63, 3.8) is 0 Å². The van der Waals surface area contributed by atoms with E-state index in [4.69, 9.17) is 6.42 Å². The number of anilines is 2. The monoisotopic (exact) mass is 553 g/mol. The van der Waals surface area contributed by atoms with Crippen LogP contribution in [0.4, 0.5) is 15.8 Å². The van der Waals surface area contributed by atoms with E-state index >= 15 is 0 Å². The summed E-state index contributed by atoms with van der Waals surface area (Å²) in [4.78, 5) is 4.58. The number of terminal acetylenes is 1. The molecule has 0 amide bonds. The van der Waals surface area contributed by atoms with E-state index in [0.717, 1.165) is 35.8 Å². The fraction of sp³-hybridized carbons (Fsp3) is 0.212. The zero-order valence-corrected chi connectivity index (χ0v) is 23.5. The molecule has 5 aromatic rings. The maximum atomic E-state index is 14.0. The first kappa shape index (κ1) is 27.0. The highest BCUT2D eigenvalue weighted by Gasteiger charge is 2.34. The van der Waals surface area contributed by atoms with Crippen LogP contribution in [0, 0.1) is 29.5 Å². The summed E-state index contributed by atoms with van der Waals surface area (Å²) < 4.78 is 15.8. The van der Waals surface area contributed by atoms with E-state index in [-0.39, 0.29) is 11.9 Å². The second-order valence-corrected chi connectivity index (χ2v) is 10.8. The van der Waals surface area contributed by atoms with E-state index in [2.05, 4.69) is 57.0 Å². The Labute approximate surface area is 245 Å². The van der Waals surface area contributed by atoms with Gasteiger partial charge in [-0.15, -0.1) is 11.5 Å². The zero-order chi connectivity index (χ0) is 29.3. The number of rotatable bonds is 9. The molecule has 1 saturated carbocycles. The predicted octanol–water partition coefficient (Wildman–Crippen LogP) is 5.66. The van der Waals surface area contributed by atoms with E-state index < -0.39 is 5.44 Å². The van der Waals surface area contributed by atoms with Gasteiger partial charge in [-0.25, -0.2) is 9.07 Å². The van der Waals surface area contributed by atoms with Gasteiger partial charge in [0, 0.05) is 17.3 Å². The maximum Gasteiger partial charge on any atom is 0.148 e. The summed E-state index contributed by atoms with van der Waals surface area (Å²) in [7, 11) is 1.99. The Morgan fingerprint density at radius 2 is 1.90 bits per heavy atom. The molecule has 206 valence electrons. The highest BCUT2D eigenvalue weighted by atomic mass is 19.1. The van der Waals surface area contributed by atoms with Gasteiger partial charge in [0.05, 0.1) is 46.0 Å². The number of nitrogens with one attached hydrogen (secondary N) is 2. The van der Waals surface area contributed by atoms with Crippen molar-refractivity contribution in [3.05, 3.63) is 113 Å². The fourth-order valence-electron chi connectivity index (χ4n) is 5.39. The number of benzene rings is 3. The molecule has 0 aliphatic heterocycles. The lowest BCUT2D eigenvalue weighted by Gasteiger charge is -2.31. The van der Waals surface area contributed by atoms with Crippen molar-refractivity contribution in [1.82, 2.24) is 20.0 Å². The molecule has 2 atom stereocenters. The summed E-state index contributed by atoms with van der Waals surface area (Å²) in [6.07, 6.45) is 12.5. The molecular weight excluding hydrogens is 524 g/mol. The third-order valence-corrected chi connectivity index (χ3v) is 7.94. The minimum absolute atomic E-state index is 0.0308. The van der Waals surface area contributed by atoms with Crippen molar-refractivity contribution in [2.24, 2.45) is 0 Å². The van der Waals surface area contributed by atoms with Crippen LogP contribution < -0.4 is 10.6 Å². The van der Waals surface area contributed by atoms with Gasteiger partial charge in [-0.3, -0.25) is 4.98 Å². The molecule has 1 fully saturated rings. The Morgan fingerprint density at radius 1 is 1.14 bits per heavy atom. The quantitative estimate of drug-likeness (QED) is 0.181. The SMILES string of the molecule is BC(Nc1cc(C#C)c2ncc(C#N)c(N[C@H](CC)c3ccccc3)c2c1)(c1ccc(F)cc1)c1cn(C2CC2)nn1. The number of pyridine rings is 1. The van der Waals surface area contributed by atoms with Crippen molar-refractivity contribution < 1.29 is 4.39 Å². The molecule has 0 saturated heterocycles. The van der Waals surface area contributed by atoms with E-state index in [9.17, 15) is 9.65 Å². The molecule has 9 heteroatoms.